The number of allylic oxidation sites excluding steroid dienone is 1. The third-order valence-corrected chi connectivity index (χ3v) is 1.47. The number of hydrogen-bond donors (Lipinski definition) is 1. The minimum atomic E-state index is -0.839. The van der Waals surface area contributed by atoms with Crippen molar-refractivity contribution in [1.82, 2.24) is 0 Å². The standard InChI is InChI=1S/C6H9BrO2/c1-2-3-5(4-7)6(8)9/h3H,2,4H2,1H3,(H,8,9). The molecule has 0 aromatic heterocycles. The predicted molar refractivity (Wildman–Crippen MR) is 39.8 cm³/mol. The highest BCUT2D eigenvalue weighted by molar-refractivity contribution is 9.09. The van der Waals surface area contributed by atoms with Gasteiger partial charge in [0.25, 0.3) is 0 Å². The summed E-state index contributed by atoms with van der Waals surface area (Å²) in [6.07, 6.45) is 2.46. The van der Waals surface area contributed by atoms with E-state index in [1.54, 1.807) is 6.08 Å². The van der Waals surface area contributed by atoms with Crippen molar-refractivity contribution in [2.45, 2.75) is 13.3 Å². The number of rotatable bonds is 3. The molecule has 0 amide bonds. The topological polar surface area (TPSA) is 37.3 Å². The van der Waals surface area contributed by atoms with E-state index < -0.39 is 5.97 Å². The largest absolute Gasteiger partial charge is 0.478 e. The number of aliphatic carboxylic acids is 1. The van der Waals surface area contributed by atoms with Crippen LogP contribution in [0, 0.1) is 0 Å². The van der Waals surface area contributed by atoms with Crippen LogP contribution in [0.4, 0.5) is 0 Å². The molecule has 0 rings (SSSR count). The van der Waals surface area contributed by atoms with Crippen LogP contribution in [0.15, 0.2) is 11.6 Å². The van der Waals surface area contributed by atoms with Gasteiger partial charge < -0.3 is 5.11 Å². The second-order valence-electron chi connectivity index (χ2n) is 1.58. The second kappa shape index (κ2) is 4.56. The molecule has 0 aliphatic carbocycles. The Kier molecular flexibility index (Phi) is 4.40. The Bertz CT molecular complexity index is 129. The van der Waals surface area contributed by atoms with E-state index in [2.05, 4.69) is 15.9 Å². The molecule has 0 spiro atoms. The zero-order valence-electron chi connectivity index (χ0n) is 5.22. The lowest BCUT2D eigenvalue weighted by Crippen LogP contribution is -2.00. The van der Waals surface area contributed by atoms with Gasteiger partial charge in [0.2, 0.25) is 0 Å². The summed E-state index contributed by atoms with van der Waals surface area (Å²) < 4.78 is 0. The molecule has 0 radical (unpaired) electrons. The van der Waals surface area contributed by atoms with Crippen LogP contribution < -0.4 is 0 Å². The van der Waals surface area contributed by atoms with Gasteiger partial charge >= 0.3 is 5.97 Å². The summed E-state index contributed by atoms with van der Waals surface area (Å²) in [6.45, 7) is 1.91. The van der Waals surface area contributed by atoms with Crippen LogP contribution in [0.2, 0.25) is 0 Å². The van der Waals surface area contributed by atoms with Crippen LogP contribution in [0.1, 0.15) is 13.3 Å². The van der Waals surface area contributed by atoms with E-state index in [9.17, 15) is 4.79 Å². The number of alkyl halides is 1. The molecule has 0 aromatic rings. The first-order chi connectivity index (χ1) is 4.22. The van der Waals surface area contributed by atoms with Gasteiger partial charge in [-0.3, -0.25) is 0 Å². The minimum Gasteiger partial charge on any atom is -0.478 e. The van der Waals surface area contributed by atoms with Crippen LogP contribution in [0.25, 0.3) is 0 Å². The zero-order chi connectivity index (χ0) is 7.28. The predicted octanol–water partition coefficient (Wildman–Crippen LogP) is 1.80. The molecule has 3 heteroatoms. The number of carboxylic acid groups (broad SMARTS) is 1. The summed E-state index contributed by atoms with van der Waals surface area (Å²) in [6, 6.07) is 0. The Morgan fingerprint density at radius 3 is 2.44 bits per heavy atom. The summed E-state index contributed by atoms with van der Waals surface area (Å²) in [7, 11) is 0. The van der Waals surface area contributed by atoms with Gasteiger partial charge in [-0.2, -0.15) is 0 Å². The Morgan fingerprint density at radius 2 is 2.33 bits per heavy atom. The summed E-state index contributed by atoms with van der Waals surface area (Å²) in [5.74, 6) is -0.839. The van der Waals surface area contributed by atoms with Crippen molar-refractivity contribution in [3.8, 4) is 0 Å². The molecule has 0 fully saturated rings. The van der Waals surface area contributed by atoms with Gasteiger partial charge in [0, 0.05) is 10.9 Å². The first-order valence-corrected chi connectivity index (χ1v) is 3.82. The fourth-order valence-electron chi connectivity index (χ4n) is 0.445. The monoisotopic (exact) mass is 192 g/mol. The summed E-state index contributed by atoms with van der Waals surface area (Å²) >= 11 is 3.07. The van der Waals surface area contributed by atoms with Gasteiger partial charge in [0.1, 0.15) is 0 Å². The average Bonchev–Trinajstić information content (AvgIpc) is 1.82. The first kappa shape index (κ1) is 8.69. The molecule has 1 N–H and O–H groups in total. The number of carbonyl (C=O) groups is 1. The van der Waals surface area contributed by atoms with Crippen LogP contribution in [0.5, 0.6) is 0 Å². The maximum atomic E-state index is 10.2. The van der Waals surface area contributed by atoms with E-state index in [1.165, 1.54) is 0 Å². The average molecular weight is 193 g/mol. The molecule has 0 atom stereocenters. The lowest BCUT2D eigenvalue weighted by molar-refractivity contribution is -0.132. The van der Waals surface area contributed by atoms with Crippen molar-refractivity contribution < 1.29 is 9.90 Å². The molecule has 0 heterocycles. The maximum Gasteiger partial charge on any atom is 0.332 e. The van der Waals surface area contributed by atoms with E-state index in [0.29, 0.717) is 10.9 Å². The highest BCUT2D eigenvalue weighted by Gasteiger charge is 2.01. The fourth-order valence-corrected chi connectivity index (χ4v) is 0.914. The molecule has 0 saturated heterocycles. The Balaban J connectivity index is 3.98. The van der Waals surface area contributed by atoms with E-state index in [0.717, 1.165) is 6.42 Å². The van der Waals surface area contributed by atoms with E-state index >= 15 is 0 Å². The number of hydrogen-bond acceptors (Lipinski definition) is 1. The van der Waals surface area contributed by atoms with E-state index in [1.807, 2.05) is 6.92 Å². The van der Waals surface area contributed by atoms with Crippen LogP contribution in [-0.4, -0.2) is 16.4 Å². The molecule has 0 aromatic carbocycles. The van der Waals surface area contributed by atoms with Gasteiger partial charge in [-0.05, 0) is 6.42 Å². The molecule has 52 valence electrons. The lowest BCUT2D eigenvalue weighted by Gasteiger charge is -1.92. The number of halogens is 1. The molecular weight excluding hydrogens is 184 g/mol. The van der Waals surface area contributed by atoms with Crippen LogP contribution in [-0.2, 0) is 4.79 Å². The normalized spacial score (nSPS) is 11.6. The van der Waals surface area contributed by atoms with E-state index in [-0.39, 0.29) is 0 Å². The Hall–Kier alpha value is -0.310. The third kappa shape index (κ3) is 3.30. The summed E-state index contributed by atoms with van der Waals surface area (Å²) in [5.41, 5.74) is 0.428. The molecular formula is C6H9BrO2. The summed E-state index contributed by atoms with van der Waals surface area (Å²) in [5, 5.41) is 8.83. The lowest BCUT2D eigenvalue weighted by atomic mass is 10.2. The van der Waals surface area contributed by atoms with Crippen molar-refractivity contribution in [3.05, 3.63) is 11.6 Å². The Morgan fingerprint density at radius 1 is 1.78 bits per heavy atom. The quantitative estimate of drug-likeness (QED) is 0.548. The number of carboxylic acids is 1. The summed E-state index contributed by atoms with van der Waals surface area (Å²) in [4.78, 5) is 10.2. The van der Waals surface area contributed by atoms with Gasteiger partial charge in [0.05, 0.1) is 0 Å². The molecule has 0 aliphatic rings. The van der Waals surface area contributed by atoms with Gasteiger partial charge in [-0.25, -0.2) is 4.79 Å². The highest BCUT2D eigenvalue weighted by atomic mass is 79.9. The van der Waals surface area contributed by atoms with Crippen molar-refractivity contribution in [2.75, 3.05) is 5.33 Å². The highest BCUT2D eigenvalue weighted by Crippen LogP contribution is 2.00. The second-order valence-corrected chi connectivity index (χ2v) is 2.14. The maximum absolute atomic E-state index is 10.2. The third-order valence-electron chi connectivity index (χ3n) is 0.869. The van der Waals surface area contributed by atoms with Crippen molar-refractivity contribution in [2.24, 2.45) is 0 Å². The SMILES string of the molecule is CCC=C(CBr)C(=O)O. The van der Waals surface area contributed by atoms with Crippen molar-refractivity contribution >= 4 is 21.9 Å². The molecule has 2 nitrogen and oxygen atoms in total. The molecule has 0 saturated carbocycles. The minimum absolute atomic E-state index is 0.427. The van der Waals surface area contributed by atoms with Crippen molar-refractivity contribution in [3.63, 3.8) is 0 Å². The smallest absolute Gasteiger partial charge is 0.332 e. The molecule has 9 heavy (non-hydrogen) atoms. The fraction of sp³-hybridized carbons (Fsp3) is 0.500. The molecule has 0 unspecified atom stereocenters. The van der Waals surface area contributed by atoms with Crippen molar-refractivity contribution in [1.29, 1.82) is 0 Å². The first-order valence-electron chi connectivity index (χ1n) is 2.70. The zero-order valence-corrected chi connectivity index (χ0v) is 6.81. The van der Waals surface area contributed by atoms with Crippen LogP contribution >= 0.6 is 15.9 Å². The Labute approximate surface area is 62.7 Å². The van der Waals surface area contributed by atoms with Gasteiger partial charge in [-0.1, -0.05) is 28.9 Å². The van der Waals surface area contributed by atoms with E-state index in [4.69, 9.17) is 5.11 Å². The molecule has 0 aliphatic heterocycles. The van der Waals surface area contributed by atoms with Gasteiger partial charge in [-0.15, -0.1) is 0 Å². The van der Waals surface area contributed by atoms with Gasteiger partial charge in [0.15, 0.2) is 0 Å². The molecule has 0 bridgehead atoms. The van der Waals surface area contributed by atoms with Crippen LogP contribution in [0.3, 0.4) is 0 Å².